The molecular weight excluding hydrogens is 465 g/mol. The molecule has 0 saturated heterocycles. The molecule has 0 atom stereocenters. The van der Waals surface area contributed by atoms with Crippen molar-refractivity contribution in [1.29, 1.82) is 0 Å². The number of aryl methyl sites for hydroxylation is 1. The van der Waals surface area contributed by atoms with Gasteiger partial charge in [0, 0.05) is 43.5 Å². The number of benzene rings is 1. The molecule has 8 heteroatoms. The maximum Gasteiger partial charge on any atom is 0.191 e. The van der Waals surface area contributed by atoms with Gasteiger partial charge in [0.15, 0.2) is 5.96 Å². The fourth-order valence-electron chi connectivity index (χ4n) is 2.57. The number of rotatable bonds is 7. The maximum atomic E-state index is 5.91. The summed E-state index contributed by atoms with van der Waals surface area (Å²) in [5, 5.41) is 12.0. The van der Waals surface area contributed by atoms with Gasteiger partial charge >= 0.3 is 0 Å². The van der Waals surface area contributed by atoms with Gasteiger partial charge in [-0.25, -0.2) is 0 Å². The molecule has 0 radical (unpaired) electrons. The zero-order valence-electron chi connectivity index (χ0n) is 15.7. The predicted molar refractivity (Wildman–Crippen MR) is 117 cm³/mol. The zero-order chi connectivity index (χ0) is 18.2. The van der Waals surface area contributed by atoms with Crippen LogP contribution in [0, 0.1) is 13.8 Å². The van der Waals surface area contributed by atoms with E-state index in [4.69, 9.17) is 16.3 Å². The van der Waals surface area contributed by atoms with Crippen LogP contribution < -0.4 is 10.6 Å². The second-order valence-electron chi connectivity index (χ2n) is 5.77. The molecule has 1 aromatic heterocycles. The Morgan fingerprint density at radius 2 is 1.85 bits per heavy atom. The van der Waals surface area contributed by atoms with Gasteiger partial charge in [-0.15, -0.1) is 24.0 Å². The van der Waals surface area contributed by atoms with Gasteiger partial charge in [0.2, 0.25) is 0 Å². The Balaban J connectivity index is 0.00000338. The van der Waals surface area contributed by atoms with Crippen molar-refractivity contribution >= 4 is 41.5 Å². The Hall–Kier alpha value is -1.32. The quantitative estimate of drug-likeness (QED) is 0.354. The minimum Gasteiger partial charge on any atom is -0.383 e. The molecule has 0 fully saturated rings. The molecule has 1 aromatic carbocycles. The summed E-state index contributed by atoms with van der Waals surface area (Å²) in [4.78, 5) is 4.27. The molecule has 144 valence electrons. The number of guanidine groups is 1. The number of nitrogens with one attached hydrogen (secondary N) is 2. The standard InChI is InChI=1S/C18H26ClN5O.HI/c1-13-17(14(2)24(23-13)9-10-25-4)12-22-18(20-3)21-11-15-5-7-16(19)8-6-15;/h5-8H,9-12H2,1-4H3,(H2,20,21,22);1H. The minimum absolute atomic E-state index is 0. The molecule has 26 heavy (non-hydrogen) atoms. The van der Waals surface area contributed by atoms with E-state index in [0.29, 0.717) is 19.7 Å². The highest BCUT2D eigenvalue weighted by atomic mass is 127. The van der Waals surface area contributed by atoms with E-state index in [0.717, 1.165) is 34.5 Å². The number of aliphatic imine (C=N–C) groups is 1. The van der Waals surface area contributed by atoms with Gasteiger partial charge < -0.3 is 15.4 Å². The molecule has 0 amide bonds. The lowest BCUT2D eigenvalue weighted by atomic mass is 10.2. The summed E-state index contributed by atoms with van der Waals surface area (Å²) in [6, 6.07) is 7.76. The number of aromatic nitrogens is 2. The van der Waals surface area contributed by atoms with E-state index < -0.39 is 0 Å². The topological polar surface area (TPSA) is 63.5 Å². The molecular formula is C18H27ClIN5O. The lowest BCUT2D eigenvalue weighted by Gasteiger charge is -2.12. The summed E-state index contributed by atoms with van der Waals surface area (Å²) in [7, 11) is 3.46. The molecule has 0 unspecified atom stereocenters. The monoisotopic (exact) mass is 491 g/mol. The van der Waals surface area contributed by atoms with Crippen LogP contribution in [0.1, 0.15) is 22.5 Å². The average Bonchev–Trinajstić information content (AvgIpc) is 2.88. The van der Waals surface area contributed by atoms with Crippen LogP contribution in [-0.4, -0.2) is 36.5 Å². The van der Waals surface area contributed by atoms with Crippen LogP contribution in [0.25, 0.3) is 0 Å². The molecule has 2 N–H and O–H groups in total. The van der Waals surface area contributed by atoms with Crippen LogP contribution in [0.15, 0.2) is 29.3 Å². The Morgan fingerprint density at radius 1 is 1.19 bits per heavy atom. The third kappa shape index (κ3) is 6.44. The van der Waals surface area contributed by atoms with Gasteiger partial charge in [0.25, 0.3) is 0 Å². The normalized spacial score (nSPS) is 11.2. The van der Waals surface area contributed by atoms with Crippen LogP contribution in [-0.2, 0) is 24.4 Å². The summed E-state index contributed by atoms with van der Waals surface area (Å²) in [6.45, 7) is 6.87. The molecule has 0 aliphatic heterocycles. The van der Waals surface area contributed by atoms with Crippen molar-refractivity contribution in [3.8, 4) is 0 Å². The molecule has 0 aliphatic carbocycles. The molecule has 0 bridgehead atoms. The van der Waals surface area contributed by atoms with E-state index in [9.17, 15) is 0 Å². The van der Waals surface area contributed by atoms with Gasteiger partial charge in [-0.05, 0) is 31.5 Å². The minimum atomic E-state index is 0. The number of nitrogens with zero attached hydrogens (tertiary/aromatic N) is 3. The first-order valence-corrected chi connectivity index (χ1v) is 8.63. The number of ether oxygens (including phenoxy) is 1. The lowest BCUT2D eigenvalue weighted by molar-refractivity contribution is 0.182. The second kappa shape index (κ2) is 11.4. The first-order valence-electron chi connectivity index (χ1n) is 8.26. The third-order valence-electron chi connectivity index (χ3n) is 4.07. The van der Waals surface area contributed by atoms with Gasteiger partial charge in [-0.1, -0.05) is 23.7 Å². The summed E-state index contributed by atoms with van der Waals surface area (Å²) in [5.41, 5.74) is 4.50. The summed E-state index contributed by atoms with van der Waals surface area (Å²) in [5.74, 6) is 0.749. The summed E-state index contributed by atoms with van der Waals surface area (Å²) in [6.07, 6.45) is 0. The highest BCUT2D eigenvalue weighted by molar-refractivity contribution is 14.0. The number of hydrogen-bond donors (Lipinski definition) is 2. The third-order valence-corrected chi connectivity index (χ3v) is 4.32. The van der Waals surface area contributed by atoms with Crippen molar-refractivity contribution in [3.05, 3.63) is 51.8 Å². The Bertz CT molecular complexity index is 715. The predicted octanol–water partition coefficient (Wildman–Crippen LogP) is 3.28. The number of methoxy groups -OCH3 is 1. The molecule has 2 aromatic rings. The Morgan fingerprint density at radius 3 is 2.46 bits per heavy atom. The van der Waals surface area contributed by atoms with Crippen molar-refractivity contribution in [1.82, 2.24) is 20.4 Å². The van der Waals surface area contributed by atoms with Crippen LogP contribution in [0.2, 0.25) is 5.02 Å². The molecule has 1 heterocycles. The van der Waals surface area contributed by atoms with Crippen molar-refractivity contribution in [3.63, 3.8) is 0 Å². The fraction of sp³-hybridized carbons (Fsp3) is 0.444. The Kier molecular flexibility index (Phi) is 9.97. The van der Waals surface area contributed by atoms with Gasteiger partial charge in [-0.3, -0.25) is 9.67 Å². The maximum absolute atomic E-state index is 5.91. The Labute approximate surface area is 177 Å². The molecule has 0 spiro atoms. The molecule has 2 rings (SSSR count). The molecule has 6 nitrogen and oxygen atoms in total. The second-order valence-corrected chi connectivity index (χ2v) is 6.21. The van der Waals surface area contributed by atoms with Gasteiger partial charge in [-0.2, -0.15) is 5.10 Å². The van der Waals surface area contributed by atoms with Crippen LogP contribution >= 0.6 is 35.6 Å². The highest BCUT2D eigenvalue weighted by Crippen LogP contribution is 2.13. The number of halogens is 2. The van der Waals surface area contributed by atoms with E-state index in [2.05, 4.69) is 27.6 Å². The molecule has 0 aliphatic rings. The highest BCUT2D eigenvalue weighted by Gasteiger charge is 2.11. The van der Waals surface area contributed by atoms with E-state index >= 15 is 0 Å². The fourth-order valence-corrected chi connectivity index (χ4v) is 2.69. The van der Waals surface area contributed by atoms with Crippen LogP contribution in [0.4, 0.5) is 0 Å². The van der Waals surface area contributed by atoms with Gasteiger partial charge in [0.1, 0.15) is 0 Å². The summed E-state index contributed by atoms with van der Waals surface area (Å²) >= 11 is 5.91. The van der Waals surface area contributed by atoms with Crippen molar-refractivity contribution in [2.75, 3.05) is 20.8 Å². The van der Waals surface area contributed by atoms with Crippen molar-refractivity contribution < 1.29 is 4.74 Å². The first kappa shape index (κ1) is 22.7. The van der Waals surface area contributed by atoms with Crippen molar-refractivity contribution in [2.45, 2.75) is 33.5 Å². The SMILES string of the molecule is CN=C(NCc1ccc(Cl)cc1)NCc1c(C)nn(CCOC)c1C.I. The lowest BCUT2D eigenvalue weighted by Crippen LogP contribution is -2.36. The van der Waals surface area contributed by atoms with E-state index in [1.54, 1.807) is 14.2 Å². The van der Waals surface area contributed by atoms with Crippen LogP contribution in [0.3, 0.4) is 0 Å². The average molecular weight is 492 g/mol. The smallest absolute Gasteiger partial charge is 0.191 e. The zero-order valence-corrected chi connectivity index (χ0v) is 18.8. The summed E-state index contributed by atoms with van der Waals surface area (Å²) < 4.78 is 7.12. The van der Waals surface area contributed by atoms with E-state index in [-0.39, 0.29) is 24.0 Å². The van der Waals surface area contributed by atoms with Gasteiger partial charge in [0.05, 0.1) is 18.8 Å². The first-order chi connectivity index (χ1) is 12.0. The van der Waals surface area contributed by atoms with E-state index in [1.165, 1.54) is 5.56 Å². The van der Waals surface area contributed by atoms with Crippen LogP contribution in [0.5, 0.6) is 0 Å². The van der Waals surface area contributed by atoms with Crippen molar-refractivity contribution in [2.24, 2.45) is 4.99 Å². The number of hydrogen-bond acceptors (Lipinski definition) is 3. The molecule has 0 saturated carbocycles. The largest absolute Gasteiger partial charge is 0.383 e. The van der Waals surface area contributed by atoms with E-state index in [1.807, 2.05) is 35.9 Å².